The molecule has 7 heteroatoms. The number of nitrogens with one attached hydrogen (secondary N) is 1. The van der Waals surface area contributed by atoms with Crippen LogP contribution < -0.4 is 10.2 Å². The van der Waals surface area contributed by atoms with Gasteiger partial charge < -0.3 is 15.1 Å². The molecule has 0 atom stereocenters. The summed E-state index contributed by atoms with van der Waals surface area (Å²) < 4.78 is 14.8. The molecule has 1 N–H and O–H groups in total. The number of benzene rings is 1. The van der Waals surface area contributed by atoms with Gasteiger partial charge in [-0.25, -0.2) is 4.39 Å². The van der Waals surface area contributed by atoms with Crippen LogP contribution >= 0.6 is 0 Å². The Morgan fingerprint density at radius 1 is 1.21 bits per heavy atom. The van der Waals surface area contributed by atoms with Crippen LogP contribution in [0.4, 0.5) is 10.1 Å². The van der Waals surface area contributed by atoms with E-state index in [2.05, 4.69) is 25.2 Å². The normalized spacial score (nSPS) is 15.7. The van der Waals surface area contributed by atoms with Gasteiger partial charge in [-0.15, -0.1) is 0 Å². The molecular weight excluding hydrogens is 307 g/mol. The maximum Gasteiger partial charge on any atom is 0.194 e. The topological polar surface area (TPSA) is 48.7 Å². The molecule has 0 bridgehead atoms. The van der Waals surface area contributed by atoms with Crippen LogP contribution in [0.5, 0.6) is 0 Å². The predicted octanol–water partition coefficient (Wildman–Crippen LogP) is 1.46. The molecule has 3 rings (SSSR count). The highest BCUT2D eigenvalue weighted by Crippen LogP contribution is 2.17. The number of hydrogen-bond acceptors (Lipinski definition) is 3. The van der Waals surface area contributed by atoms with Gasteiger partial charge in [0.1, 0.15) is 5.82 Å². The first-order valence-corrected chi connectivity index (χ1v) is 8.09. The third-order valence-corrected chi connectivity index (χ3v) is 4.19. The number of piperazine rings is 1. The maximum atomic E-state index is 13.0. The predicted molar refractivity (Wildman–Crippen MR) is 93.6 cm³/mol. The zero-order valence-corrected chi connectivity index (χ0v) is 14.1. The summed E-state index contributed by atoms with van der Waals surface area (Å²) in [7, 11) is 3.71. The SMILES string of the molecule is CN=C(NCc1cnn(C)c1)N1CCN(c2ccc(F)cc2)CC1. The van der Waals surface area contributed by atoms with Crippen molar-refractivity contribution >= 4 is 11.6 Å². The monoisotopic (exact) mass is 330 g/mol. The van der Waals surface area contributed by atoms with Gasteiger partial charge in [-0.05, 0) is 24.3 Å². The molecule has 24 heavy (non-hydrogen) atoms. The fourth-order valence-corrected chi connectivity index (χ4v) is 2.90. The lowest BCUT2D eigenvalue weighted by Crippen LogP contribution is -2.52. The van der Waals surface area contributed by atoms with E-state index in [1.165, 1.54) is 12.1 Å². The summed E-state index contributed by atoms with van der Waals surface area (Å²) in [5.41, 5.74) is 2.19. The number of halogens is 1. The molecule has 1 saturated heterocycles. The Morgan fingerprint density at radius 3 is 2.50 bits per heavy atom. The number of nitrogens with zero attached hydrogens (tertiary/aromatic N) is 5. The third-order valence-electron chi connectivity index (χ3n) is 4.19. The number of aliphatic imine (C=N–C) groups is 1. The third kappa shape index (κ3) is 3.84. The van der Waals surface area contributed by atoms with E-state index in [-0.39, 0.29) is 5.82 Å². The quantitative estimate of drug-likeness (QED) is 0.684. The summed E-state index contributed by atoms with van der Waals surface area (Å²) in [5, 5.41) is 7.56. The molecule has 1 fully saturated rings. The molecular formula is C17H23FN6. The lowest BCUT2D eigenvalue weighted by molar-refractivity contribution is 0.372. The molecule has 0 spiro atoms. The van der Waals surface area contributed by atoms with Crippen molar-refractivity contribution in [1.29, 1.82) is 0 Å². The standard InChI is InChI=1S/C17H23FN6/c1-19-17(20-11-14-12-21-22(2)13-14)24-9-7-23(8-10-24)16-5-3-15(18)4-6-16/h3-6,12-13H,7-11H2,1-2H3,(H,19,20). The van der Waals surface area contributed by atoms with E-state index in [9.17, 15) is 4.39 Å². The van der Waals surface area contributed by atoms with Crippen molar-refractivity contribution in [1.82, 2.24) is 20.0 Å². The highest BCUT2D eigenvalue weighted by molar-refractivity contribution is 5.80. The largest absolute Gasteiger partial charge is 0.368 e. The summed E-state index contributed by atoms with van der Waals surface area (Å²) in [6.07, 6.45) is 3.85. The fraction of sp³-hybridized carbons (Fsp3) is 0.412. The summed E-state index contributed by atoms with van der Waals surface area (Å²) in [5.74, 6) is 0.704. The molecule has 0 unspecified atom stereocenters. The van der Waals surface area contributed by atoms with Gasteiger partial charge in [-0.1, -0.05) is 0 Å². The van der Waals surface area contributed by atoms with Gasteiger partial charge in [0.15, 0.2) is 5.96 Å². The Labute approximate surface area is 141 Å². The van der Waals surface area contributed by atoms with E-state index < -0.39 is 0 Å². The van der Waals surface area contributed by atoms with Crippen LogP contribution in [-0.2, 0) is 13.6 Å². The molecule has 0 amide bonds. The van der Waals surface area contributed by atoms with E-state index in [0.717, 1.165) is 43.4 Å². The number of aromatic nitrogens is 2. The van der Waals surface area contributed by atoms with Crippen LogP contribution in [0.2, 0.25) is 0 Å². The summed E-state index contributed by atoms with van der Waals surface area (Å²) in [4.78, 5) is 8.89. The maximum absolute atomic E-state index is 13.0. The van der Waals surface area contributed by atoms with Crippen LogP contribution in [0.1, 0.15) is 5.56 Å². The van der Waals surface area contributed by atoms with E-state index in [1.807, 2.05) is 31.6 Å². The molecule has 0 radical (unpaired) electrons. The van der Waals surface area contributed by atoms with E-state index in [4.69, 9.17) is 0 Å². The van der Waals surface area contributed by atoms with Gasteiger partial charge in [0, 0.05) is 64.3 Å². The van der Waals surface area contributed by atoms with Gasteiger partial charge in [0.2, 0.25) is 0 Å². The summed E-state index contributed by atoms with van der Waals surface area (Å²) in [6.45, 7) is 4.24. The molecule has 1 aromatic carbocycles. The first-order valence-electron chi connectivity index (χ1n) is 8.09. The Balaban J connectivity index is 1.53. The average Bonchev–Trinajstić information content (AvgIpc) is 3.02. The number of guanidine groups is 1. The fourth-order valence-electron chi connectivity index (χ4n) is 2.90. The molecule has 1 aliphatic rings. The average molecular weight is 330 g/mol. The minimum absolute atomic E-state index is 0.197. The Kier molecular flexibility index (Phi) is 4.98. The molecule has 6 nitrogen and oxygen atoms in total. The van der Waals surface area contributed by atoms with Crippen molar-refractivity contribution in [2.75, 3.05) is 38.1 Å². The summed E-state index contributed by atoms with van der Waals surface area (Å²) >= 11 is 0. The highest BCUT2D eigenvalue weighted by Gasteiger charge is 2.19. The second-order valence-electron chi connectivity index (χ2n) is 5.87. The van der Waals surface area contributed by atoms with Crippen LogP contribution in [0.15, 0.2) is 41.7 Å². The zero-order valence-electron chi connectivity index (χ0n) is 14.1. The lowest BCUT2D eigenvalue weighted by atomic mass is 10.2. The second kappa shape index (κ2) is 7.33. The van der Waals surface area contributed by atoms with E-state index in [1.54, 1.807) is 11.7 Å². The van der Waals surface area contributed by atoms with Crippen LogP contribution in [0.25, 0.3) is 0 Å². The van der Waals surface area contributed by atoms with Crippen LogP contribution in [0, 0.1) is 5.82 Å². The van der Waals surface area contributed by atoms with Crippen molar-refractivity contribution in [2.45, 2.75) is 6.54 Å². The molecule has 0 saturated carbocycles. The van der Waals surface area contributed by atoms with Gasteiger partial charge >= 0.3 is 0 Å². The molecule has 1 aromatic heterocycles. The van der Waals surface area contributed by atoms with Crippen LogP contribution in [-0.4, -0.2) is 53.9 Å². The van der Waals surface area contributed by atoms with Crippen molar-refractivity contribution in [2.24, 2.45) is 12.0 Å². The Morgan fingerprint density at radius 2 is 1.92 bits per heavy atom. The first-order chi connectivity index (χ1) is 11.7. The highest BCUT2D eigenvalue weighted by atomic mass is 19.1. The van der Waals surface area contributed by atoms with E-state index in [0.29, 0.717) is 6.54 Å². The number of aryl methyl sites for hydroxylation is 1. The second-order valence-corrected chi connectivity index (χ2v) is 5.87. The van der Waals surface area contributed by atoms with Gasteiger partial charge in [-0.2, -0.15) is 5.10 Å². The first kappa shape index (κ1) is 16.3. The van der Waals surface area contributed by atoms with Gasteiger partial charge in [0.05, 0.1) is 6.20 Å². The minimum atomic E-state index is -0.197. The van der Waals surface area contributed by atoms with Crippen molar-refractivity contribution in [3.8, 4) is 0 Å². The molecule has 0 aliphatic carbocycles. The molecule has 2 aromatic rings. The Hall–Kier alpha value is -2.57. The number of anilines is 1. The van der Waals surface area contributed by atoms with Gasteiger partial charge in [0.25, 0.3) is 0 Å². The molecule has 2 heterocycles. The Bertz CT molecular complexity index is 685. The molecule has 128 valence electrons. The van der Waals surface area contributed by atoms with Crippen molar-refractivity contribution in [3.05, 3.63) is 48.0 Å². The molecule has 1 aliphatic heterocycles. The smallest absolute Gasteiger partial charge is 0.194 e. The lowest BCUT2D eigenvalue weighted by Gasteiger charge is -2.37. The number of hydrogen-bond donors (Lipinski definition) is 1. The van der Waals surface area contributed by atoms with E-state index >= 15 is 0 Å². The van der Waals surface area contributed by atoms with Crippen molar-refractivity contribution < 1.29 is 4.39 Å². The van der Waals surface area contributed by atoms with Gasteiger partial charge in [-0.3, -0.25) is 9.67 Å². The summed E-state index contributed by atoms with van der Waals surface area (Å²) in [6, 6.07) is 6.69. The zero-order chi connectivity index (χ0) is 16.9. The van der Waals surface area contributed by atoms with Crippen molar-refractivity contribution in [3.63, 3.8) is 0 Å². The minimum Gasteiger partial charge on any atom is -0.368 e. The number of rotatable bonds is 3. The van der Waals surface area contributed by atoms with Crippen LogP contribution in [0.3, 0.4) is 0 Å².